The number of nitrogens with two attached hydrogens (primary N) is 1. The molecule has 0 aliphatic carbocycles. The van der Waals surface area contributed by atoms with Crippen LogP contribution in [0.1, 0.15) is 27.6 Å². The van der Waals surface area contributed by atoms with Crippen LogP contribution in [-0.2, 0) is 0 Å². The summed E-state index contributed by atoms with van der Waals surface area (Å²) in [6.07, 6.45) is -0.961. The molecule has 2 rings (SSSR count). The van der Waals surface area contributed by atoms with Gasteiger partial charge in [0.1, 0.15) is 11.9 Å². The number of rotatable bonds is 4. The van der Waals surface area contributed by atoms with Crippen LogP contribution in [0.25, 0.3) is 0 Å². The molecule has 0 fully saturated rings. The Balaban J connectivity index is 2.44. The number of aliphatic hydroxyl groups excluding tert-OH is 1. The van der Waals surface area contributed by atoms with Gasteiger partial charge in [0.15, 0.2) is 0 Å². The maximum Gasteiger partial charge on any atom is 0.248 e. The van der Waals surface area contributed by atoms with Gasteiger partial charge in [-0.15, -0.1) is 0 Å². The van der Waals surface area contributed by atoms with Crippen LogP contribution in [0.5, 0.6) is 5.75 Å². The summed E-state index contributed by atoms with van der Waals surface area (Å²) in [4.78, 5) is 11.2. The number of methoxy groups -OCH3 is 1. The molecule has 0 heterocycles. The van der Waals surface area contributed by atoms with Crippen molar-refractivity contribution in [2.24, 2.45) is 5.73 Å². The number of hydrogen-bond donors (Lipinski definition) is 2. The highest BCUT2D eigenvalue weighted by atomic mass is 35.5. The predicted molar refractivity (Wildman–Crippen MR) is 82.0 cm³/mol. The van der Waals surface area contributed by atoms with Gasteiger partial charge in [-0.2, -0.15) is 0 Å². The van der Waals surface area contributed by atoms with Gasteiger partial charge in [0.05, 0.1) is 17.2 Å². The first-order valence-electron chi connectivity index (χ1n) is 6.04. The van der Waals surface area contributed by atoms with Crippen molar-refractivity contribution in [2.45, 2.75) is 6.10 Å². The Bertz CT molecular complexity index is 689. The van der Waals surface area contributed by atoms with Gasteiger partial charge in [-0.3, -0.25) is 4.79 Å². The maximum absolute atomic E-state index is 11.2. The van der Waals surface area contributed by atoms with E-state index in [0.717, 1.165) is 0 Å². The first kappa shape index (κ1) is 15.6. The first-order valence-corrected chi connectivity index (χ1v) is 6.80. The molecular weight excluding hydrogens is 313 g/mol. The summed E-state index contributed by atoms with van der Waals surface area (Å²) in [5.74, 6) is -0.200. The second-order valence-electron chi connectivity index (χ2n) is 4.40. The van der Waals surface area contributed by atoms with Gasteiger partial charge in [0, 0.05) is 11.1 Å². The lowest BCUT2D eigenvalue weighted by molar-refractivity contribution is 0.0999. The molecule has 1 unspecified atom stereocenters. The molecule has 1 atom stereocenters. The van der Waals surface area contributed by atoms with Crippen molar-refractivity contribution in [3.8, 4) is 5.75 Å². The number of benzene rings is 2. The Labute approximate surface area is 132 Å². The van der Waals surface area contributed by atoms with Crippen LogP contribution in [0.15, 0.2) is 36.4 Å². The van der Waals surface area contributed by atoms with E-state index in [-0.39, 0.29) is 0 Å². The Morgan fingerprint density at radius 2 is 1.90 bits per heavy atom. The molecule has 21 heavy (non-hydrogen) atoms. The Kier molecular flexibility index (Phi) is 4.73. The molecule has 3 N–H and O–H groups in total. The van der Waals surface area contributed by atoms with Crippen LogP contribution < -0.4 is 10.5 Å². The number of carbonyl (C=O) groups is 1. The molecule has 0 saturated heterocycles. The van der Waals surface area contributed by atoms with Crippen molar-refractivity contribution in [3.05, 3.63) is 63.1 Å². The Morgan fingerprint density at radius 3 is 2.48 bits per heavy atom. The summed E-state index contributed by atoms with van der Waals surface area (Å²) in [6.45, 7) is 0. The topological polar surface area (TPSA) is 72.5 Å². The van der Waals surface area contributed by atoms with Gasteiger partial charge in [0.2, 0.25) is 5.91 Å². The lowest BCUT2D eigenvalue weighted by atomic mass is 9.99. The third kappa shape index (κ3) is 3.29. The molecule has 2 aromatic rings. The van der Waals surface area contributed by atoms with Crippen LogP contribution in [0, 0.1) is 0 Å². The monoisotopic (exact) mass is 325 g/mol. The van der Waals surface area contributed by atoms with Crippen LogP contribution >= 0.6 is 23.2 Å². The summed E-state index contributed by atoms with van der Waals surface area (Å²) in [6, 6.07) is 9.45. The summed E-state index contributed by atoms with van der Waals surface area (Å²) < 4.78 is 5.21. The number of halogens is 2. The number of primary amides is 1. The molecule has 0 bridgehead atoms. The van der Waals surface area contributed by atoms with Gasteiger partial charge >= 0.3 is 0 Å². The lowest BCUT2D eigenvalue weighted by Crippen LogP contribution is -2.12. The van der Waals surface area contributed by atoms with Crippen LogP contribution in [0.2, 0.25) is 10.0 Å². The molecule has 0 spiro atoms. The molecule has 4 nitrogen and oxygen atoms in total. The van der Waals surface area contributed by atoms with E-state index in [2.05, 4.69) is 0 Å². The summed E-state index contributed by atoms with van der Waals surface area (Å²) in [5.41, 5.74) is 6.59. The van der Waals surface area contributed by atoms with E-state index in [1.165, 1.54) is 19.2 Å². The standard InChI is InChI=1S/C15H13Cl2NO3/c1-21-13-7-9(15(18)20)2-4-10(13)14(19)8-3-5-11(16)12(17)6-8/h2-7,14,19H,1H3,(H2,18,20). The van der Waals surface area contributed by atoms with E-state index in [4.69, 9.17) is 33.7 Å². The molecule has 0 aliphatic heterocycles. The van der Waals surface area contributed by atoms with Crippen LogP contribution in [0.3, 0.4) is 0 Å². The fourth-order valence-electron chi connectivity index (χ4n) is 1.95. The summed E-state index contributed by atoms with van der Waals surface area (Å²) in [5, 5.41) is 11.2. The highest BCUT2D eigenvalue weighted by molar-refractivity contribution is 6.42. The quantitative estimate of drug-likeness (QED) is 0.906. The molecule has 2 aromatic carbocycles. The van der Waals surface area contributed by atoms with E-state index in [0.29, 0.717) is 32.5 Å². The van der Waals surface area contributed by atoms with Gasteiger partial charge in [-0.05, 0) is 29.8 Å². The fraction of sp³-hybridized carbons (Fsp3) is 0.133. The van der Waals surface area contributed by atoms with E-state index in [1.54, 1.807) is 24.3 Å². The van der Waals surface area contributed by atoms with E-state index in [1.807, 2.05) is 0 Å². The molecule has 0 saturated carbocycles. The first-order chi connectivity index (χ1) is 9.93. The van der Waals surface area contributed by atoms with Gasteiger partial charge < -0.3 is 15.6 Å². The zero-order valence-corrected chi connectivity index (χ0v) is 12.7. The van der Waals surface area contributed by atoms with Gasteiger partial charge in [-0.1, -0.05) is 35.3 Å². The second kappa shape index (κ2) is 6.35. The van der Waals surface area contributed by atoms with Gasteiger partial charge in [0.25, 0.3) is 0 Å². The average molecular weight is 326 g/mol. The number of carbonyl (C=O) groups excluding carboxylic acids is 1. The van der Waals surface area contributed by atoms with Crippen molar-refractivity contribution < 1.29 is 14.6 Å². The molecule has 110 valence electrons. The molecule has 0 aliphatic rings. The SMILES string of the molecule is COc1cc(C(N)=O)ccc1C(O)c1ccc(Cl)c(Cl)c1. The number of hydrogen-bond acceptors (Lipinski definition) is 3. The highest BCUT2D eigenvalue weighted by Gasteiger charge is 2.17. The largest absolute Gasteiger partial charge is 0.496 e. The molecule has 1 amide bonds. The zero-order valence-electron chi connectivity index (χ0n) is 11.1. The maximum atomic E-state index is 11.2. The van der Waals surface area contributed by atoms with Crippen molar-refractivity contribution in [2.75, 3.05) is 7.11 Å². The lowest BCUT2D eigenvalue weighted by Gasteiger charge is -2.16. The minimum Gasteiger partial charge on any atom is -0.496 e. The third-order valence-electron chi connectivity index (χ3n) is 3.07. The van der Waals surface area contributed by atoms with Crippen LogP contribution in [-0.4, -0.2) is 18.1 Å². The van der Waals surface area contributed by atoms with E-state index < -0.39 is 12.0 Å². The van der Waals surface area contributed by atoms with E-state index in [9.17, 15) is 9.90 Å². The number of aliphatic hydroxyl groups is 1. The third-order valence-corrected chi connectivity index (χ3v) is 3.81. The van der Waals surface area contributed by atoms with Gasteiger partial charge in [-0.25, -0.2) is 0 Å². The molecule has 6 heteroatoms. The molecular formula is C15H13Cl2NO3. The average Bonchev–Trinajstić information content (AvgIpc) is 2.48. The van der Waals surface area contributed by atoms with Crippen molar-refractivity contribution >= 4 is 29.1 Å². The van der Waals surface area contributed by atoms with Crippen LogP contribution in [0.4, 0.5) is 0 Å². The predicted octanol–water partition coefficient (Wildman–Crippen LogP) is 3.18. The highest BCUT2D eigenvalue weighted by Crippen LogP contribution is 2.33. The number of amides is 1. The summed E-state index contributed by atoms with van der Waals surface area (Å²) >= 11 is 11.8. The van der Waals surface area contributed by atoms with Crippen molar-refractivity contribution in [1.82, 2.24) is 0 Å². The van der Waals surface area contributed by atoms with Crippen molar-refractivity contribution in [1.29, 1.82) is 0 Å². The second-order valence-corrected chi connectivity index (χ2v) is 5.21. The van der Waals surface area contributed by atoms with E-state index >= 15 is 0 Å². The van der Waals surface area contributed by atoms with Crippen molar-refractivity contribution in [3.63, 3.8) is 0 Å². The normalized spacial score (nSPS) is 12.0. The molecule has 0 aromatic heterocycles. The minimum atomic E-state index is -0.961. The minimum absolute atomic E-state index is 0.303. The molecule has 0 radical (unpaired) electrons. The Morgan fingerprint density at radius 1 is 1.19 bits per heavy atom. The Hall–Kier alpha value is -1.75. The smallest absolute Gasteiger partial charge is 0.248 e. The number of ether oxygens (including phenoxy) is 1. The zero-order chi connectivity index (χ0) is 15.6. The fourth-order valence-corrected chi connectivity index (χ4v) is 2.26. The summed E-state index contributed by atoms with van der Waals surface area (Å²) in [7, 11) is 1.45.